The molecular formula is C15H22N4O2. The summed E-state index contributed by atoms with van der Waals surface area (Å²) < 4.78 is 0. The molecule has 6 heteroatoms. The van der Waals surface area contributed by atoms with E-state index in [0.29, 0.717) is 12.5 Å². The van der Waals surface area contributed by atoms with E-state index in [2.05, 4.69) is 20.2 Å². The van der Waals surface area contributed by atoms with Crippen LogP contribution in [0.3, 0.4) is 0 Å². The summed E-state index contributed by atoms with van der Waals surface area (Å²) in [5.74, 6) is 0.262. The van der Waals surface area contributed by atoms with Crippen LogP contribution in [0.15, 0.2) is 17.2 Å². The van der Waals surface area contributed by atoms with Crippen molar-refractivity contribution >= 4 is 5.91 Å². The van der Waals surface area contributed by atoms with Crippen LogP contribution in [0.4, 0.5) is 0 Å². The molecule has 0 radical (unpaired) electrons. The maximum absolute atomic E-state index is 12.0. The van der Waals surface area contributed by atoms with E-state index in [0.717, 1.165) is 31.7 Å². The predicted octanol–water partition coefficient (Wildman–Crippen LogP) is 0.764. The Bertz CT molecular complexity index is 551. The Hall–Kier alpha value is -1.69. The third-order valence-corrected chi connectivity index (χ3v) is 4.61. The molecule has 1 aromatic heterocycles. The highest BCUT2D eigenvalue weighted by Gasteiger charge is 2.29. The average molecular weight is 290 g/mol. The highest BCUT2D eigenvalue weighted by atomic mass is 16.2. The molecule has 2 aliphatic rings. The number of nitrogens with zero attached hydrogens (tertiary/aromatic N) is 2. The Morgan fingerprint density at radius 1 is 1.33 bits per heavy atom. The lowest BCUT2D eigenvalue weighted by molar-refractivity contribution is 0.0941. The molecule has 0 bridgehead atoms. The summed E-state index contributed by atoms with van der Waals surface area (Å²) in [6, 6.07) is 0.764. The Labute approximate surface area is 124 Å². The monoisotopic (exact) mass is 290 g/mol. The van der Waals surface area contributed by atoms with Crippen LogP contribution in [0, 0.1) is 5.92 Å². The molecule has 0 aromatic carbocycles. The quantitative estimate of drug-likeness (QED) is 0.858. The molecule has 1 atom stereocenters. The lowest BCUT2D eigenvalue weighted by Crippen LogP contribution is -2.34. The van der Waals surface area contributed by atoms with E-state index in [1.165, 1.54) is 31.9 Å². The Kier molecular flexibility index (Phi) is 4.34. The molecular weight excluding hydrogens is 268 g/mol. The van der Waals surface area contributed by atoms with E-state index < -0.39 is 0 Å². The molecule has 0 spiro atoms. The largest absolute Gasteiger partial charge is 0.350 e. The summed E-state index contributed by atoms with van der Waals surface area (Å²) in [7, 11) is 0. The summed E-state index contributed by atoms with van der Waals surface area (Å²) in [6.07, 6.45) is 9.06. The predicted molar refractivity (Wildman–Crippen MR) is 79.1 cm³/mol. The second-order valence-electron chi connectivity index (χ2n) is 6.11. The summed E-state index contributed by atoms with van der Waals surface area (Å²) >= 11 is 0. The molecule has 1 aliphatic heterocycles. The maximum Gasteiger partial charge on any atom is 0.269 e. The van der Waals surface area contributed by atoms with Gasteiger partial charge in [0.25, 0.3) is 11.5 Å². The second kappa shape index (κ2) is 6.39. The number of nitrogens with one attached hydrogen (secondary N) is 2. The first kappa shape index (κ1) is 14.3. The molecule has 1 saturated heterocycles. The summed E-state index contributed by atoms with van der Waals surface area (Å²) in [6.45, 7) is 2.89. The normalized spacial score (nSPS) is 23.5. The first-order valence-corrected chi connectivity index (χ1v) is 7.79. The third-order valence-electron chi connectivity index (χ3n) is 4.61. The highest BCUT2D eigenvalue weighted by Crippen LogP contribution is 2.28. The zero-order valence-corrected chi connectivity index (χ0v) is 12.2. The van der Waals surface area contributed by atoms with Crippen molar-refractivity contribution in [3.63, 3.8) is 0 Å². The van der Waals surface area contributed by atoms with E-state index in [1.54, 1.807) is 0 Å². The zero-order chi connectivity index (χ0) is 14.7. The smallest absolute Gasteiger partial charge is 0.269 e. The minimum atomic E-state index is -0.351. The van der Waals surface area contributed by atoms with Gasteiger partial charge in [-0.15, -0.1) is 0 Å². The van der Waals surface area contributed by atoms with Crippen LogP contribution in [0.25, 0.3) is 0 Å². The zero-order valence-electron chi connectivity index (χ0n) is 12.2. The van der Waals surface area contributed by atoms with Crippen molar-refractivity contribution in [1.82, 2.24) is 20.2 Å². The van der Waals surface area contributed by atoms with Gasteiger partial charge in [0.1, 0.15) is 5.69 Å². The highest BCUT2D eigenvalue weighted by molar-refractivity contribution is 5.91. The SMILES string of the molecule is O=C(NCC1CCN(C2CCCC2)C1)c1cncc(=O)[nH]1. The maximum atomic E-state index is 12.0. The van der Waals surface area contributed by atoms with Gasteiger partial charge in [0.05, 0.1) is 12.4 Å². The summed E-state index contributed by atoms with van der Waals surface area (Å²) in [5.41, 5.74) is -0.121. The van der Waals surface area contributed by atoms with Gasteiger partial charge in [0.15, 0.2) is 0 Å². The molecule has 2 N–H and O–H groups in total. The van der Waals surface area contributed by atoms with Crippen molar-refractivity contribution in [3.05, 3.63) is 28.4 Å². The van der Waals surface area contributed by atoms with Gasteiger partial charge in [-0.2, -0.15) is 0 Å². The van der Waals surface area contributed by atoms with Gasteiger partial charge in [-0.05, 0) is 31.7 Å². The Balaban J connectivity index is 1.47. The van der Waals surface area contributed by atoms with Crippen LogP contribution in [0.5, 0.6) is 0 Å². The number of carbonyl (C=O) groups is 1. The third kappa shape index (κ3) is 3.50. The van der Waals surface area contributed by atoms with Crippen molar-refractivity contribution in [1.29, 1.82) is 0 Å². The van der Waals surface area contributed by atoms with E-state index in [-0.39, 0.29) is 17.2 Å². The van der Waals surface area contributed by atoms with Crippen LogP contribution in [0.1, 0.15) is 42.6 Å². The number of aromatic nitrogens is 2. The molecule has 6 nitrogen and oxygen atoms in total. The number of hydrogen-bond acceptors (Lipinski definition) is 4. The van der Waals surface area contributed by atoms with Crippen molar-refractivity contribution < 1.29 is 4.79 Å². The van der Waals surface area contributed by atoms with E-state index in [1.807, 2.05) is 0 Å². The lowest BCUT2D eigenvalue weighted by Gasteiger charge is -2.23. The number of hydrogen-bond donors (Lipinski definition) is 2. The van der Waals surface area contributed by atoms with Crippen molar-refractivity contribution in [3.8, 4) is 0 Å². The fourth-order valence-electron chi connectivity index (χ4n) is 3.45. The molecule has 1 aliphatic carbocycles. The molecule has 114 valence electrons. The van der Waals surface area contributed by atoms with Crippen molar-refractivity contribution in [2.24, 2.45) is 5.92 Å². The minimum absolute atomic E-state index is 0.230. The Morgan fingerprint density at radius 2 is 2.14 bits per heavy atom. The van der Waals surface area contributed by atoms with Gasteiger partial charge < -0.3 is 15.2 Å². The molecule has 1 aromatic rings. The fraction of sp³-hybridized carbons (Fsp3) is 0.667. The van der Waals surface area contributed by atoms with Crippen LogP contribution in [0.2, 0.25) is 0 Å². The number of likely N-dealkylation sites (tertiary alicyclic amines) is 1. The first-order chi connectivity index (χ1) is 10.2. The minimum Gasteiger partial charge on any atom is -0.350 e. The number of amides is 1. The molecule has 21 heavy (non-hydrogen) atoms. The van der Waals surface area contributed by atoms with Crippen LogP contribution >= 0.6 is 0 Å². The molecule has 3 rings (SSSR count). The number of carbonyl (C=O) groups excluding carboxylic acids is 1. The van der Waals surface area contributed by atoms with Crippen LogP contribution < -0.4 is 10.9 Å². The molecule has 1 unspecified atom stereocenters. The van der Waals surface area contributed by atoms with Gasteiger partial charge in [-0.1, -0.05) is 12.8 Å². The van der Waals surface area contributed by atoms with Gasteiger partial charge in [-0.3, -0.25) is 14.6 Å². The molecule has 2 heterocycles. The molecule has 1 amide bonds. The number of H-pyrrole nitrogens is 1. The second-order valence-corrected chi connectivity index (χ2v) is 6.11. The van der Waals surface area contributed by atoms with E-state index in [4.69, 9.17) is 0 Å². The Morgan fingerprint density at radius 3 is 2.90 bits per heavy atom. The molecule has 1 saturated carbocycles. The lowest BCUT2D eigenvalue weighted by atomic mass is 10.1. The average Bonchev–Trinajstić information content (AvgIpc) is 3.15. The van der Waals surface area contributed by atoms with Gasteiger partial charge in [-0.25, -0.2) is 0 Å². The molecule has 2 fully saturated rings. The van der Waals surface area contributed by atoms with Gasteiger partial charge in [0.2, 0.25) is 0 Å². The van der Waals surface area contributed by atoms with E-state index in [9.17, 15) is 9.59 Å². The topological polar surface area (TPSA) is 78.1 Å². The van der Waals surface area contributed by atoms with Crippen LogP contribution in [-0.2, 0) is 0 Å². The number of rotatable bonds is 4. The number of aromatic amines is 1. The van der Waals surface area contributed by atoms with Crippen molar-refractivity contribution in [2.75, 3.05) is 19.6 Å². The van der Waals surface area contributed by atoms with E-state index >= 15 is 0 Å². The van der Waals surface area contributed by atoms with Crippen LogP contribution in [-0.4, -0.2) is 46.5 Å². The summed E-state index contributed by atoms with van der Waals surface area (Å²) in [5, 5.41) is 2.90. The van der Waals surface area contributed by atoms with Gasteiger partial charge >= 0.3 is 0 Å². The standard InChI is InChI=1S/C15H22N4O2/c20-14-9-16-8-13(18-14)15(21)17-7-11-5-6-19(10-11)12-3-1-2-4-12/h8-9,11-12H,1-7,10H2,(H,17,21)(H,18,20). The van der Waals surface area contributed by atoms with Gasteiger partial charge in [0, 0.05) is 19.1 Å². The first-order valence-electron chi connectivity index (χ1n) is 7.79. The van der Waals surface area contributed by atoms with Crippen molar-refractivity contribution in [2.45, 2.75) is 38.1 Å². The fourth-order valence-corrected chi connectivity index (χ4v) is 3.45. The summed E-state index contributed by atoms with van der Waals surface area (Å²) in [4.78, 5) is 31.9.